The summed E-state index contributed by atoms with van der Waals surface area (Å²) in [6, 6.07) is 0. The van der Waals surface area contributed by atoms with Crippen LogP contribution in [0, 0.1) is 0 Å². The maximum absolute atomic E-state index is 9.69. The third-order valence-corrected chi connectivity index (χ3v) is 1.02. The molecule has 0 N–H and O–H groups in total. The molecule has 5 heteroatoms. The monoisotopic (exact) mass is 138 g/mol. The van der Waals surface area contributed by atoms with Gasteiger partial charge in [-0.2, -0.15) is 0 Å². The molecule has 0 saturated carbocycles. The van der Waals surface area contributed by atoms with E-state index >= 15 is 0 Å². The van der Waals surface area contributed by atoms with Gasteiger partial charge in [-0.25, -0.2) is 0 Å². The lowest BCUT2D eigenvalue weighted by atomic mass is 10.5. The van der Waals surface area contributed by atoms with E-state index in [0.29, 0.717) is 0 Å². The van der Waals surface area contributed by atoms with Crippen LogP contribution in [0.2, 0.25) is 0 Å². The van der Waals surface area contributed by atoms with Gasteiger partial charge in [0.2, 0.25) is 0 Å². The first kappa shape index (κ1) is 8.11. The highest BCUT2D eigenvalue weighted by molar-refractivity contribution is 7.43. The lowest BCUT2D eigenvalue weighted by Gasteiger charge is -2.30. The quantitative estimate of drug-likeness (QED) is 0.470. The summed E-state index contributed by atoms with van der Waals surface area (Å²) in [4.78, 5) is 19.4. The van der Waals surface area contributed by atoms with Gasteiger partial charge in [-0.15, -0.1) is 0 Å². The molecule has 0 radical (unpaired) electrons. The Labute approximate surface area is 47.7 Å². The molecule has 50 valence electrons. The summed E-state index contributed by atoms with van der Waals surface area (Å²) in [6.45, 7) is 2.95. The number of hydrogen-bond acceptors (Lipinski definition) is 4. The first-order chi connectivity index (χ1) is 3.42. The predicted molar refractivity (Wildman–Crippen MR) is 23.8 cm³/mol. The summed E-state index contributed by atoms with van der Waals surface area (Å²) in [5, 5.41) is 0. The van der Waals surface area contributed by atoms with Crippen LogP contribution < -0.4 is 9.79 Å². The summed E-state index contributed by atoms with van der Waals surface area (Å²) < 4.78 is 13.6. The molecule has 0 heterocycles. The number of phosphoric acid groups is 1. The van der Waals surface area contributed by atoms with Crippen LogP contribution in [-0.2, 0) is 9.09 Å². The Morgan fingerprint density at radius 1 is 1.50 bits per heavy atom. The molecular weight excluding hydrogens is 131 g/mol. The van der Waals surface area contributed by atoms with Crippen molar-refractivity contribution >= 4 is 7.82 Å². The molecule has 8 heavy (non-hydrogen) atoms. The summed E-state index contributed by atoms with van der Waals surface area (Å²) in [6.07, 6.45) is -0.546. The van der Waals surface area contributed by atoms with Crippen LogP contribution in [0.25, 0.3) is 0 Å². The van der Waals surface area contributed by atoms with Gasteiger partial charge in [-0.1, -0.05) is 0 Å². The highest BCUT2D eigenvalue weighted by atomic mass is 31.2. The van der Waals surface area contributed by atoms with E-state index in [1.807, 2.05) is 0 Å². The van der Waals surface area contributed by atoms with Crippen molar-refractivity contribution in [3.63, 3.8) is 0 Å². The minimum atomic E-state index is -4.72. The largest absolute Gasteiger partial charge is 0.790 e. The summed E-state index contributed by atoms with van der Waals surface area (Å²) in [7, 11) is -4.72. The fraction of sp³-hybridized carbons (Fsp3) is 1.00. The highest BCUT2D eigenvalue weighted by Gasteiger charge is 1.93. The topological polar surface area (TPSA) is 72.4 Å². The number of rotatable bonds is 2. The summed E-state index contributed by atoms with van der Waals surface area (Å²) >= 11 is 0. The Kier molecular flexibility index (Phi) is 2.63. The molecule has 0 unspecified atom stereocenters. The van der Waals surface area contributed by atoms with E-state index in [-0.39, 0.29) is 0 Å². The maximum atomic E-state index is 9.69. The first-order valence-corrected chi connectivity index (χ1v) is 3.58. The van der Waals surface area contributed by atoms with Crippen molar-refractivity contribution in [2.45, 2.75) is 20.0 Å². The molecule has 0 aromatic carbocycles. The lowest BCUT2D eigenvalue weighted by Crippen LogP contribution is -2.19. The van der Waals surface area contributed by atoms with Crippen LogP contribution in [-0.4, -0.2) is 6.10 Å². The van der Waals surface area contributed by atoms with Gasteiger partial charge in [0.15, 0.2) is 0 Å². The molecule has 0 rings (SSSR count). The Balaban J connectivity index is 3.56. The molecule has 4 nitrogen and oxygen atoms in total. The maximum Gasteiger partial charge on any atom is 0.0600 e. The zero-order chi connectivity index (χ0) is 6.78. The van der Waals surface area contributed by atoms with Crippen molar-refractivity contribution in [2.24, 2.45) is 0 Å². The van der Waals surface area contributed by atoms with Gasteiger partial charge in [-0.3, -0.25) is 0 Å². The van der Waals surface area contributed by atoms with Crippen molar-refractivity contribution in [1.82, 2.24) is 0 Å². The second-order valence-corrected chi connectivity index (χ2v) is 2.71. The Morgan fingerprint density at radius 3 is 1.88 bits per heavy atom. The van der Waals surface area contributed by atoms with Gasteiger partial charge in [0.05, 0.1) is 13.9 Å². The number of hydrogen-bond donors (Lipinski definition) is 0. The molecular formula is C3H7O4P-2. The van der Waals surface area contributed by atoms with E-state index in [9.17, 15) is 14.4 Å². The fourth-order valence-corrected chi connectivity index (χ4v) is 0.775. The second kappa shape index (κ2) is 2.60. The second-order valence-electron chi connectivity index (χ2n) is 1.60. The number of phosphoric ester groups is 1. The Bertz CT molecular complexity index is 104. The van der Waals surface area contributed by atoms with E-state index in [1.165, 1.54) is 13.8 Å². The minimum Gasteiger partial charge on any atom is -0.790 e. The molecule has 0 spiro atoms. The van der Waals surface area contributed by atoms with Crippen molar-refractivity contribution in [3.05, 3.63) is 0 Å². The molecule has 0 saturated heterocycles. The summed E-state index contributed by atoms with van der Waals surface area (Å²) in [5.74, 6) is 0. The zero-order valence-corrected chi connectivity index (χ0v) is 5.55. The van der Waals surface area contributed by atoms with Gasteiger partial charge in [0.1, 0.15) is 0 Å². The third kappa shape index (κ3) is 6.11. The van der Waals surface area contributed by atoms with Crippen molar-refractivity contribution in [1.29, 1.82) is 0 Å². The third-order valence-electron chi connectivity index (χ3n) is 0.340. The van der Waals surface area contributed by atoms with E-state index in [1.54, 1.807) is 0 Å². The molecule has 0 aromatic heterocycles. The van der Waals surface area contributed by atoms with Crippen LogP contribution in [0.1, 0.15) is 13.8 Å². The molecule has 0 aliphatic carbocycles. The summed E-state index contributed by atoms with van der Waals surface area (Å²) in [5.41, 5.74) is 0. The van der Waals surface area contributed by atoms with Crippen molar-refractivity contribution < 1.29 is 18.9 Å². The van der Waals surface area contributed by atoms with Gasteiger partial charge < -0.3 is 18.9 Å². The van der Waals surface area contributed by atoms with Gasteiger partial charge in [0.25, 0.3) is 0 Å². The molecule has 0 aromatic rings. The molecule has 0 fully saturated rings. The SMILES string of the molecule is CC(C)OP(=O)([O-])[O-]. The Morgan fingerprint density at radius 2 is 1.88 bits per heavy atom. The minimum absolute atomic E-state index is 0.546. The van der Waals surface area contributed by atoms with E-state index < -0.39 is 13.9 Å². The molecule has 0 atom stereocenters. The van der Waals surface area contributed by atoms with E-state index in [0.717, 1.165) is 0 Å². The van der Waals surface area contributed by atoms with Gasteiger partial charge in [-0.05, 0) is 13.8 Å². The smallest absolute Gasteiger partial charge is 0.0600 e. The van der Waals surface area contributed by atoms with Crippen molar-refractivity contribution in [2.75, 3.05) is 0 Å². The van der Waals surface area contributed by atoms with Gasteiger partial charge in [0, 0.05) is 0 Å². The Hall–Kier alpha value is 0.110. The normalized spacial score (nSPS) is 12.6. The van der Waals surface area contributed by atoms with Crippen LogP contribution >= 0.6 is 7.82 Å². The standard InChI is InChI=1S/C3H9O4P/c1-3(2)7-8(4,5)6/h3H,1-2H3,(H2,4,5,6)/p-2. The van der Waals surface area contributed by atoms with Crippen molar-refractivity contribution in [3.8, 4) is 0 Å². The van der Waals surface area contributed by atoms with Crippen LogP contribution in [0.4, 0.5) is 0 Å². The molecule has 0 amide bonds. The molecule has 0 bridgehead atoms. The lowest BCUT2D eigenvalue weighted by molar-refractivity contribution is -0.344. The van der Waals surface area contributed by atoms with Gasteiger partial charge >= 0.3 is 0 Å². The zero-order valence-electron chi connectivity index (χ0n) is 4.66. The predicted octanol–water partition coefficient (Wildman–Crippen LogP) is -0.760. The fourth-order valence-electron chi connectivity index (χ4n) is 0.258. The first-order valence-electron chi connectivity index (χ1n) is 2.12. The highest BCUT2D eigenvalue weighted by Crippen LogP contribution is 2.26. The molecule has 0 aliphatic rings. The van der Waals surface area contributed by atoms with Crippen LogP contribution in [0.15, 0.2) is 0 Å². The van der Waals surface area contributed by atoms with Crippen LogP contribution in [0.3, 0.4) is 0 Å². The molecule has 0 aliphatic heterocycles. The average molecular weight is 138 g/mol. The van der Waals surface area contributed by atoms with Crippen LogP contribution in [0.5, 0.6) is 0 Å². The van der Waals surface area contributed by atoms with E-state index in [4.69, 9.17) is 0 Å². The van der Waals surface area contributed by atoms with E-state index in [2.05, 4.69) is 4.52 Å². The average Bonchev–Trinajstić information content (AvgIpc) is 1.21.